The van der Waals surface area contributed by atoms with Gasteiger partial charge >= 0.3 is 0 Å². The van der Waals surface area contributed by atoms with Crippen molar-refractivity contribution >= 4 is 33.2 Å². The molecule has 0 aliphatic rings. The van der Waals surface area contributed by atoms with Crippen LogP contribution in [0.3, 0.4) is 0 Å². The molecule has 2 heterocycles. The molecule has 0 saturated heterocycles. The number of nitrogens with zero attached hydrogens (tertiary/aromatic N) is 2. The van der Waals surface area contributed by atoms with Gasteiger partial charge in [-0.25, -0.2) is 0 Å². The minimum Gasteiger partial charge on any atom is -0.337 e. The van der Waals surface area contributed by atoms with Crippen LogP contribution in [0.4, 0.5) is 0 Å². The fourth-order valence-electron chi connectivity index (χ4n) is 1.68. The molecule has 0 aromatic carbocycles. The molecule has 0 unspecified atom stereocenters. The van der Waals surface area contributed by atoms with Crippen molar-refractivity contribution in [1.82, 2.24) is 9.47 Å². The Hall–Kier alpha value is -1.40. The number of aromatic nitrogens is 1. The van der Waals surface area contributed by atoms with Gasteiger partial charge in [-0.3, -0.25) is 9.59 Å². The van der Waals surface area contributed by atoms with Crippen molar-refractivity contribution in [3.8, 4) is 0 Å². The summed E-state index contributed by atoms with van der Waals surface area (Å²) in [6.45, 7) is 0.524. The number of halogens is 1. The lowest BCUT2D eigenvalue weighted by molar-refractivity contribution is 0.0785. The maximum Gasteiger partial charge on any atom is 0.254 e. The summed E-state index contributed by atoms with van der Waals surface area (Å²) in [5.74, 6) is -0.153. The van der Waals surface area contributed by atoms with Crippen LogP contribution < -0.4 is 5.56 Å². The fourth-order valence-corrected chi connectivity index (χ4v) is 2.88. The van der Waals surface area contributed by atoms with Crippen molar-refractivity contribution in [3.05, 3.63) is 55.0 Å². The lowest BCUT2D eigenvalue weighted by atomic mass is 10.2. The van der Waals surface area contributed by atoms with Gasteiger partial charge in [0.05, 0.1) is 3.79 Å². The van der Waals surface area contributed by atoms with Crippen molar-refractivity contribution in [2.75, 3.05) is 7.05 Å². The van der Waals surface area contributed by atoms with Crippen molar-refractivity contribution in [2.45, 2.75) is 6.54 Å². The van der Waals surface area contributed by atoms with Gasteiger partial charge in [-0.1, -0.05) is 0 Å². The van der Waals surface area contributed by atoms with Crippen LogP contribution in [0.5, 0.6) is 0 Å². The number of hydrogen-bond donors (Lipinski definition) is 0. The number of carbonyl (C=O) groups is 1. The maximum atomic E-state index is 12.2. The second kappa shape index (κ2) is 5.71. The molecular formula is C13H13BrN2O2S. The SMILES string of the molecule is CN(Cc1csc(Br)c1)C(=O)c1ccn(C)c(=O)c1. The molecule has 2 aromatic rings. The first kappa shape index (κ1) is 14.0. The molecule has 0 aliphatic heterocycles. The molecule has 19 heavy (non-hydrogen) atoms. The molecule has 6 heteroatoms. The Morgan fingerprint density at radius 2 is 2.21 bits per heavy atom. The van der Waals surface area contributed by atoms with Crippen LogP contribution in [0.15, 0.2) is 38.4 Å². The van der Waals surface area contributed by atoms with Crippen LogP contribution >= 0.6 is 27.3 Å². The molecule has 0 atom stereocenters. The number of hydrogen-bond acceptors (Lipinski definition) is 3. The smallest absolute Gasteiger partial charge is 0.254 e. The average Bonchev–Trinajstić information content (AvgIpc) is 2.77. The normalized spacial score (nSPS) is 10.5. The highest BCUT2D eigenvalue weighted by Crippen LogP contribution is 2.21. The molecule has 0 radical (unpaired) electrons. The first-order valence-electron chi connectivity index (χ1n) is 5.62. The third-order valence-corrected chi connectivity index (χ3v) is 4.29. The van der Waals surface area contributed by atoms with Crippen molar-refractivity contribution in [2.24, 2.45) is 7.05 Å². The molecule has 4 nitrogen and oxygen atoms in total. The summed E-state index contributed by atoms with van der Waals surface area (Å²) in [5.41, 5.74) is 1.30. The zero-order valence-electron chi connectivity index (χ0n) is 10.6. The highest BCUT2D eigenvalue weighted by molar-refractivity contribution is 9.11. The summed E-state index contributed by atoms with van der Waals surface area (Å²) < 4.78 is 2.48. The van der Waals surface area contributed by atoms with Crippen LogP contribution in [-0.2, 0) is 13.6 Å². The number of pyridine rings is 1. The molecule has 0 aliphatic carbocycles. The van der Waals surface area contributed by atoms with Crippen molar-refractivity contribution in [3.63, 3.8) is 0 Å². The van der Waals surface area contributed by atoms with E-state index in [1.807, 2.05) is 11.4 Å². The molecule has 0 bridgehead atoms. The minimum absolute atomic E-state index is 0.153. The van der Waals surface area contributed by atoms with E-state index in [0.29, 0.717) is 12.1 Å². The van der Waals surface area contributed by atoms with Gasteiger partial charge in [0.1, 0.15) is 0 Å². The van der Waals surface area contributed by atoms with Crippen LogP contribution in [0.25, 0.3) is 0 Å². The van der Waals surface area contributed by atoms with E-state index in [2.05, 4.69) is 15.9 Å². The van der Waals surface area contributed by atoms with E-state index in [1.165, 1.54) is 10.6 Å². The van der Waals surface area contributed by atoms with E-state index in [4.69, 9.17) is 0 Å². The summed E-state index contributed by atoms with van der Waals surface area (Å²) >= 11 is 4.98. The predicted octanol–water partition coefficient (Wildman–Crippen LogP) is 2.48. The van der Waals surface area contributed by atoms with Gasteiger partial charge in [-0.05, 0) is 39.0 Å². The number of amides is 1. The van der Waals surface area contributed by atoms with E-state index >= 15 is 0 Å². The van der Waals surface area contributed by atoms with Crippen LogP contribution in [-0.4, -0.2) is 22.4 Å². The Bertz CT molecular complexity index is 663. The van der Waals surface area contributed by atoms with E-state index < -0.39 is 0 Å². The van der Waals surface area contributed by atoms with E-state index in [9.17, 15) is 9.59 Å². The Kier molecular flexibility index (Phi) is 4.21. The van der Waals surface area contributed by atoms with Gasteiger partial charge < -0.3 is 9.47 Å². The Morgan fingerprint density at radius 3 is 2.79 bits per heavy atom. The first-order valence-corrected chi connectivity index (χ1v) is 7.29. The molecule has 1 amide bonds. The number of rotatable bonds is 3. The van der Waals surface area contributed by atoms with Crippen LogP contribution in [0, 0.1) is 0 Å². The topological polar surface area (TPSA) is 42.3 Å². The highest BCUT2D eigenvalue weighted by Gasteiger charge is 2.13. The molecule has 2 rings (SSSR count). The highest BCUT2D eigenvalue weighted by atomic mass is 79.9. The first-order chi connectivity index (χ1) is 8.97. The molecule has 0 spiro atoms. The second-order valence-corrected chi connectivity index (χ2v) is 6.58. The predicted molar refractivity (Wildman–Crippen MR) is 79.5 cm³/mol. The summed E-state index contributed by atoms with van der Waals surface area (Å²) in [6.07, 6.45) is 1.60. The Balaban J connectivity index is 2.14. The summed E-state index contributed by atoms with van der Waals surface area (Å²) in [5, 5.41) is 2.00. The zero-order chi connectivity index (χ0) is 14.0. The van der Waals surface area contributed by atoms with Gasteiger partial charge in [0, 0.05) is 38.5 Å². The number of thiophene rings is 1. The molecule has 0 N–H and O–H groups in total. The third kappa shape index (κ3) is 3.33. The van der Waals surface area contributed by atoms with E-state index in [1.54, 1.807) is 42.6 Å². The Labute approximate surface area is 123 Å². The fraction of sp³-hybridized carbons (Fsp3) is 0.231. The van der Waals surface area contributed by atoms with E-state index in [0.717, 1.165) is 9.35 Å². The quantitative estimate of drug-likeness (QED) is 0.861. The van der Waals surface area contributed by atoms with Crippen LogP contribution in [0.1, 0.15) is 15.9 Å². The molecule has 2 aromatic heterocycles. The van der Waals surface area contributed by atoms with Crippen molar-refractivity contribution < 1.29 is 4.79 Å². The number of carbonyl (C=O) groups excluding carboxylic acids is 1. The molecule has 100 valence electrons. The lowest BCUT2D eigenvalue weighted by Gasteiger charge is -2.16. The summed E-state index contributed by atoms with van der Waals surface area (Å²) in [6, 6.07) is 5.00. The van der Waals surface area contributed by atoms with Gasteiger partial charge in [-0.15, -0.1) is 11.3 Å². The minimum atomic E-state index is -0.183. The van der Waals surface area contributed by atoms with E-state index in [-0.39, 0.29) is 11.5 Å². The number of aryl methyl sites for hydroxylation is 1. The summed E-state index contributed by atoms with van der Waals surface area (Å²) in [4.78, 5) is 25.3. The monoisotopic (exact) mass is 340 g/mol. The standard InChI is InChI=1S/C13H13BrN2O2S/c1-15-4-3-10(6-12(15)17)13(18)16(2)7-9-5-11(14)19-8-9/h3-6,8H,7H2,1-2H3. The van der Waals surface area contributed by atoms with Gasteiger partial charge in [0.25, 0.3) is 11.5 Å². The van der Waals surface area contributed by atoms with Crippen molar-refractivity contribution in [1.29, 1.82) is 0 Å². The van der Waals surface area contributed by atoms with Gasteiger partial charge in [0.15, 0.2) is 0 Å². The zero-order valence-corrected chi connectivity index (χ0v) is 13.0. The lowest BCUT2D eigenvalue weighted by Crippen LogP contribution is -2.28. The Morgan fingerprint density at radius 1 is 1.47 bits per heavy atom. The maximum absolute atomic E-state index is 12.2. The van der Waals surface area contributed by atoms with Gasteiger partial charge in [-0.2, -0.15) is 0 Å². The summed E-state index contributed by atoms with van der Waals surface area (Å²) in [7, 11) is 3.38. The molecule has 0 saturated carbocycles. The molecular weight excluding hydrogens is 328 g/mol. The third-order valence-electron chi connectivity index (χ3n) is 2.74. The second-order valence-electron chi connectivity index (χ2n) is 4.28. The average molecular weight is 341 g/mol. The van der Waals surface area contributed by atoms with Crippen LogP contribution in [0.2, 0.25) is 0 Å². The largest absolute Gasteiger partial charge is 0.337 e. The van der Waals surface area contributed by atoms with Gasteiger partial charge in [0.2, 0.25) is 0 Å². The molecule has 0 fully saturated rings.